The molecule has 0 saturated heterocycles. The van der Waals surface area contributed by atoms with Crippen LogP contribution in [0.1, 0.15) is 15.9 Å². The number of carbonyl (C=O) groups is 5. The lowest BCUT2D eigenvalue weighted by molar-refractivity contribution is -0.393. The average Bonchev–Trinajstić information content (AvgIpc) is 3.70. The van der Waals surface area contributed by atoms with Gasteiger partial charge in [0.1, 0.15) is 113 Å². The van der Waals surface area contributed by atoms with E-state index in [-0.39, 0.29) is 39.1 Å². The SMILES string of the molecule is N#CC(C#N)=C(C#N)C#N.N#CC(C#N)=c1ccc(=C(C#N)C#N)cc1.N#CC1=C(C#N)C(=O)C(Cl)=C(Cl)C1=O.O=C1C(Cl)=C(Cl)C(=O)C(Cl)=C1Cl.O=C1c2cc([N+](=O)[O-])ccc2-c2c1cc([N+](=O)[O-])cc2[N+](=O)[O-]. The van der Waals surface area contributed by atoms with Crippen LogP contribution in [0.2, 0.25) is 0 Å². The summed E-state index contributed by atoms with van der Waals surface area (Å²) in [4.78, 5) is 87.3. The van der Waals surface area contributed by atoms with Crippen molar-refractivity contribution in [3.05, 3.63) is 159 Å². The summed E-state index contributed by atoms with van der Waals surface area (Å²) in [6, 6.07) is 26.9. The number of nitro benzene ring substituents is 3. The molecule has 24 nitrogen and oxygen atoms in total. The molecule has 0 aliphatic heterocycles. The van der Waals surface area contributed by atoms with Crippen LogP contribution in [-0.2, 0) is 19.2 Å². The Kier molecular flexibility index (Phi) is 21.8. The third-order valence-electron chi connectivity index (χ3n) is 8.79. The molecule has 3 aliphatic rings. The number of rotatable bonds is 3. The number of nitriles is 10. The van der Waals surface area contributed by atoms with Gasteiger partial charge in [0.15, 0.2) is 16.9 Å². The number of non-ortho nitro benzene ring substituents is 2. The lowest BCUT2D eigenvalue weighted by Gasteiger charge is -2.08. The van der Waals surface area contributed by atoms with Crippen LogP contribution in [0, 0.1) is 144 Å². The van der Waals surface area contributed by atoms with Gasteiger partial charge in [-0.2, -0.15) is 52.6 Å². The molecule has 0 bridgehead atoms. The van der Waals surface area contributed by atoms with Gasteiger partial charge >= 0.3 is 0 Å². The Labute approximate surface area is 446 Å². The van der Waals surface area contributed by atoms with Crippen LogP contribution < -0.4 is 10.4 Å². The van der Waals surface area contributed by atoms with Crippen molar-refractivity contribution in [2.24, 2.45) is 0 Å². The summed E-state index contributed by atoms with van der Waals surface area (Å²) in [6.45, 7) is 0. The number of nitrogens with zero attached hydrogens (tertiary/aromatic N) is 13. The molecule has 3 aromatic carbocycles. The van der Waals surface area contributed by atoms with Gasteiger partial charge in [0, 0.05) is 45.3 Å². The lowest BCUT2D eigenvalue weighted by atomic mass is 9.96. The second-order valence-corrected chi connectivity index (χ2v) is 15.1. The van der Waals surface area contributed by atoms with E-state index in [9.17, 15) is 54.3 Å². The number of nitro groups is 3. The topological polar surface area (TPSA) is 453 Å². The molecule has 0 unspecified atom stereocenters. The Morgan fingerprint density at radius 3 is 1.01 bits per heavy atom. The first kappa shape index (κ1) is 60.4. The Morgan fingerprint density at radius 1 is 0.387 bits per heavy atom. The minimum absolute atomic E-state index is 0.00187. The van der Waals surface area contributed by atoms with E-state index in [0.29, 0.717) is 10.4 Å². The molecule has 3 aromatic rings. The van der Waals surface area contributed by atoms with Gasteiger partial charge in [-0.1, -0.05) is 93.9 Å². The van der Waals surface area contributed by atoms with E-state index in [4.69, 9.17) is 122 Å². The van der Waals surface area contributed by atoms with Crippen molar-refractivity contribution in [1.29, 1.82) is 52.6 Å². The Bertz CT molecular complexity index is 3670. The van der Waals surface area contributed by atoms with Gasteiger partial charge in [-0.25, -0.2) is 0 Å². The number of hydrogen-bond donors (Lipinski definition) is 0. The van der Waals surface area contributed by atoms with E-state index in [2.05, 4.69) is 0 Å². The van der Waals surface area contributed by atoms with Gasteiger partial charge in [-0.3, -0.25) is 54.3 Å². The normalized spacial score (nSPS) is 12.2. The predicted molar refractivity (Wildman–Crippen MR) is 254 cm³/mol. The minimum Gasteiger partial charge on any atom is -0.289 e. The molecule has 30 heteroatoms. The molecule has 6 rings (SSSR count). The van der Waals surface area contributed by atoms with Crippen molar-refractivity contribution < 1.29 is 38.7 Å². The fourth-order valence-corrected chi connectivity index (χ4v) is 6.53. The predicted octanol–water partition coefficient (Wildman–Crippen LogP) is 6.77. The van der Waals surface area contributed by atoms with Crippen LogP contribution in [0.4, 0.5) is 17.1 Å². The first-order valence-electron chi connectivity index (χ1n) is 18.4. The van der Waals surface area contributed by atoms with Crippen molar-refractivity contribution >= 4 is 127 Å². The molecule has 0 N–H and O–H groups in total. The molecule has 75 heavy (non-hydrogen) atoms. The fourth-order valence-electron chi connectivity index (χ4n) is 5.36. The van der Waals surface area contributed by atoms with Crippen LogP contribution >= 0.6 is 69.6 Å². The molecule has 0 aromatic heterocycles. The number of allylic oxidation sites excluding steroid dienone is 10. The van der Waals surface area contributed by atoms with Crippen molar-refractivity contribution in [3.8, 4) is 71.8 Å². The summed E-state index contributed by atoms with van der Waals surface area (Å²) in [6.07, 6.45) is 0. The Hall–Kier alpha value is -10.7. The summed E-state index contributed by atoms with van der Waals surface area (Å²) in [5.74, 6) is -3.96. The van der Waals surface area contributed by atoms with Crippen molar-refractivity contribution in [1.82, 2.24) is 0 Å². The third kappa shape index (κ3) is 13.6. The number of benzene rings is 3. The maximum Gasteiger partial charge on any atom is 0.284 e. The number of Topliss-reactive ketones (excluding diaryl/α,β-unsaturated/α-hetero) is 4. The van der Waals surface area contributed by atoms with Gasteiger partial charge in [0.25, 0.3) is 17.1 Å². The largest absolute Gasteiger partial charge is 0.289 e. The van der Waals surface area contributed by atoms with Crippen LogP contribution in [-0.4, -0.2) is 43.7 Å². The van der Waals surface area contributed by atoms with E-state index in [1.165, 1.54) is 66.7 Å². The summed E-state index contributed by atoms with van der Waals surface area (Å²) < 4.78 is 0. The molecular formula is C45H9Cl6N13O11. The highest BCUT2D eigenvalue weighted by Crippen LogP contribution is 2.45. The van der Waals surface area contributed by atoms with E-state index < -0.39 is 108 Å². The van der Waals surface area contributed by atoms with Gasteiger partial charge in [-0.15, -0.1) is 0 Å². The van der Waals surface area contributed by atoms with Gasteiger partial charge in [0.05, 0.1) is 26.4 Å². The molecule has 0 radical (unpaired) electrons. The number of ketones is 5. The lowest BCUT2D eigenvalue weighted by Crippen LogP contribution is -2.18. The summed E-state index contributed by atoms with van der Waals surface area (Å²) in [7, 11) is 0. The fraction of sp³-hybridized carbons (Fsp3) is 0. The monoisotopic (exact) mass is 1120 g/mol. The minimum atomic E-state index is -0.893. The molecule has 0 spiro atoms. The van der Waals surface area contributed by atoms with E-state index in [1.54, 1.807) is 24.3 Å². The van der Waals surface area contributed by atoms with Crippen molar-refractivity contribution in [3.63, 3.8) is 0 Å². The van der Waals surface area contributed by atoms with Gasteiger partial charge in [-0.05, 0) is 6.07 Å². The highest BCUT2D eigenvalue weighted by molar-refractivity contribution is 6.69. The first-order chi connectivity index (χ1) is 35.4. The van der Waals surface area contributed by atoms with Gasteiger partial charge in [0.2, 0.25) is 23.1 Å². The first-order valence-corrected chi connectivity index (χ1v) is 20.6. The molecule has 0 fully saturated rings. The zero-order chi connectivity index (χ0) is 57.2. The second-order valence-electron chi connectivity index (χ2n) is 12.9. The van der Waals surface area contributed by atoms with Crippen LogP contribution in [0.15, 0.2) is 107 Å². The van der Waals surface area contributed by atoms with E-state index in [0.717, 1.165) is 24.3 Å². The number of carbonyl (C=O) groups excluding carboxylic acids is 5. The molecule has 0 amide bonds. The summed E-state index contributed by atoms with van der Waals surface area (Å²) >= 11 is 32.3. The average molecular weight is 1120 g/mol. The van der Waals surface area contributed by atoms with E-state index >= 15 is 0 Å². The zero-order valence-electron chi connectivity index (χ0n) is 35.8. The molecule has 0 atom stereocenters. The molecule has 0 heterocycles. The maximum atomic E-state index is 12.3. The Morgan fingerprint density at radius 2 is 0.720 bits per heavy atom. The van der Waals surface area contributed by atoms with Crippen LogP contribution in [0.5, 0.6) is 0 Å². The van der Waals surface area contributed by atoms with E-state index in [1.807, 2.05) is 0 Å². The standard InChI is InChI=1S/C13H5N3O7.C12H4N4.C8Cl2N2O2.C6Cl4O2.C6N4/c17-13-9-3-6(14(18)19)1-2-8(9)12-10(13)4-7(15(20)21)5-11(12)16(22)23;13-5-11(6-14)9-1-2-10(4-3-9)12(7-15)8-16;9-5-6(10)8(14)4(2-12)3(1-11)7(5)13;7-1-2(8)6(12)4(10)3(9)5(1)11;7-1-5(2-8)6(3-9)4-10/h1-5H;1-4H;;;. The quantitative estimate of drug-likeness (QED) is 0.0883. The zero-order valence-corrected chi connectivity index (χ0v) is 40.3. The number of halogens is 6. The smallest absolute Gasteiger partial charge is 0.284 e. The number of fused-ring (bicyclic) bond motifs is 3. The van der Waals surface area contributed by atoms with Crippen molar-refractivity contribution in [2.75, 3.05) is 0 Å². The molecule has 3 aliphatic carbocycles. The second kappa shape index (κ2) is 27.0. The third-order valence-corrected chi connectivity index (χ3v) is 11.2. The summed E-state index contributed by atoms with van der Waals surface area (Å²) in [5.41, 5.74) is -3.73. The Balaban J connectivity index is 0.000000332. The molecule has 362 valence electrons. The van der Waals surface area contributed by atoms with Crippen LogP contribution in [0.25, 0.3) is 22.3 Å². The highest BCUT2D eigenvalue weighted by atomic mass is 35.5. The number of hydrogen-bond acceptors (Lipinski definition) is 21. The molecular weight excluding hydrogens is 1110 g/mol. The van der Waals surface area contributed by atoms with Gasteiger partial charge < -0.3 is 0 Å². The molecule has 0 saturated carbocycles. The maximum absolute atomic E-state index is 12.3. The van der Waals surface area contributed by atoms with Crippen LogP contribution in [0.3, 0.4) is 0 Å². The van der Waals surface area contributed by atoms with Crippen molar-refractivity contribution in [2.45, 2.75) is 0 Å². The highest BCUT2D eigenvalue weighted by Gasteiger charge is 2.37. The summed E-state index contributed by atoms with van der Waals surface area (Å²) in [5, 5.41) is 115.